The van der Waals surface area contributed by atoms with Crippen LogP contribution in [0.2, 0.25) is 0 Å². The Morgan fingerprint density at radius 2 is 1.90 bits per heavy atom. The van der Waals surface area contributed by atoms with Gasteiger partial charge in [0.2, 0.25) is 5.91 Å². The number of carbonyl (C=O) groups excluding carboxylic acids is 1. The van der Waals surface area contributed by atoms with E-state index < -0.39 is 42.0 Å². The van der Waals surface area contributed by atoms with Crippen molar-refractivity contribution in [2.75, 3.05) is 6.54 Å². The van der Waals surface area contributed by atoms with Gasteiger partial charge in [-0.2, -0.15) is 13.2 Å². The van der Waals surface area contributed by atoms with E-state index in [-0.39, 0.29) is 12.8 Å². The monoisotopic (exact) mass is 297 g/mol. The first-order valence-corrected chi connectivity index (χ1v) is 6.34. The average molecular weight is 297 g/mol. The van der Waals surface area contributed by atoms with Crippen LogP contribution in [0.25, 0.3) is 0 Å². The lowest BCUT2D eigenvalue weighted by Crippen LogP contribution is -2.48. The van der Waals surface area contributed by atoms with Crippen LogP contribution in [0.1, 0.15) is 32.6 Å². The van der Waals surface area contributed by atoms with Crippen molar-refractivity contribution in [3.63, 3.8) is 0 Å². The minimum Gasteiger partial charge on any atom is -0.479 e. The zero-order chi connectivity index (χ0) is 15.6. The fraction of sp³-hybridized carbons (Fsp3) is 0.833. The zero-order valence-electron chi connectivity index (χ0n) is 11.0. The summed E-state index contributed by atoms with van der Waals surface area (Å²) in [6.07, 6.45) is -3.94. The Bertz CT molecular complexity index is 381. The van der Waals surface area contributed by atoms with Crippen LogP contribution in [-0.2, 0) is 9.59 Å². The summed E-state index contributed by atoms with van der Waals surface area (Å²) in [5.74, 6) is -4.43. The second kappa shape index (κ2) is 5.99. The fourth-order valence-corrected chi connectivity index (χ4v) is 2.20. The Morgan fingerprint density at radius 1 is 1.30 bits per heavy atom. The fourth-order valence-electron chi connectivity index (χ4n) is 2.20. The standard InChI is InChI=1S/C12H18F3NO4/c1-11(20,10(18)19)6-16-9(17)7-3-2-4-8(5-7)12(13,14)15/h7-8,20H,2-6H2,1H3,(H,16,17)(H,18,19). The van der Waals surface area contributed by atoms with Crippen molar-refractivity contribution in [3.8, 4) is 0 Å². The van der Waals surface area contributed by atoms with Gasteiger partial charge in [-0.1, -0.05) is 6.42 Å². The summed E-state index contributed by atoms with van der Waals surface area (Å²) in [5, 5.41) is 20.3. The quantitative estimate of drug-likeness (QED) is 0.730. The molecule has 1 saturated carbocycles. The van der Waals surface area contributed by atoms with E-state index in [1.165, 1.54) is 0 Å². The Labute approximate surface area is 114 Å². The molecule has 20 heavy (non-hydrogen) atoms. The van der Waals surface area contributed by atoms with E-state index in [1.807, 2.05) is 0 Å². The van der Waals surface area contributed by atoms with Crippen molar-refractivity contribution in [1.82, 2.24) is 5.32 Å². The number of alkyl halides is 3. The van der Waals surface area contributed by atoms with Crippen molar-refractivity contribution in [2.45, 2.75) is 44.4 Å². The van der Waals surface area contributed by atoms with Crippen LogP contribution in [0.3, 0.4) is 0 Å². The first-order valence-electron chi connectivity index (χ1n) is 6.34. The van der Waals surface area contributed by atoms with Crippen molar-refractivity contribution >= 4 is 11.9 Å². The van der Waals surface area contributed by atoms with Gasteiger partial charge >= 0.3 is 12.1 Å². The number of carbonyl (C=O) groups is 2. The molecule has 1 fully saturated rings. The average Bonchev–Trinajstić information content (AvgIpc) is 2.35. The van der Waals surface area contributed by atoms with Gasteiger partial charge in [0.15, 0.2) is 5.60 Å². The van der Waals surface area contributed by atoms with E-state index in [9.17, 15) is 27.9 Å². The third-order valence-corrected chi connectivity index (χ3v) is 3.58. The molecule has 116 valence electrons. The molecule has 5 nitrogen and oxygen atoms in total. The summed E-state index contributed by atoms with van der Waals surface area (Å²) in [6, 6.07) is 0. The van der Waals surface area contributed by atoms with E-state index in [1.54, 1.807) is 0 Å². The topological polar surface area (TPSA) is 86.6 Å². The molecule has 8 heteroatoms. The third-order valence-electron chi connectivity index (χ3n) is 3.58. The van der Waals surface area contributed by atoms with Crippen LogP contribution in [-0.4, -0.2) is 40.4 Å². The smallest absolute Gasteiger partial charge is 0.391 e. The molecule has 0 aromatic heterocycles. The van der Waals surface area contributed by atoms with Crippen LogP contribution < -0.4 is 5.32 Å². The molecule has 0 radical (unpaired) electrons. The Morgan fingerprint density at radius 3 is 2.40 bits per heavy atom. The molecular weight excluding hydrogens is 279 g/mol. The van der Waals surface area contributed by atoms with Gasteiger partial charge in [-0.25, -0.2) is 4.79 Å². The molecular formula is C12H18F3NO4. The van der Waals surface area contributed by atoms with E-state index in [0.29, 0.717) is 12.8 Å². The maximum Gasteiger partial charge on any atom is 0.391 e. The minimum atomic E-state index is -4.31. The molecule has 0 heterocycles. The van der Waals surface area contributed by atoms with Gasteiger partial charge in [0.1, 0.15) is 0 Å². The zero-order valence-corrected chi connectivity index (χ0v) is 11.0. The first-order chi connectivity index (χ1) is 9.04. The van der Waals surface area contributed by atoms with E-state index in [2.05, 4.69) is 5.32 Å². The number of hydrogen-bond donors (Lipinski definition) is 3. The summed E-state index contributed by atoms with van der Waals surface area (Å²) in [5.41, 5.74) is -2.13. The van der Waals surface area contributed by atoms with Crippen molar-refractivity contribution in [2.24, 2.45) is 11.8 Å². The number of aliphatic carboxylic acids is 1. The van der Waals surface area contributed by atoms with E-state index in [4.69, 9.17) is 5.11 Å². The summed E-state index contributed by atoms with van der Waals surface area (Å²) in [4.78, 5) is 22.4. The van der Waals surface area contributed by atoms with Gasteiger partial charge in [0.25, 0.3) is 0 Å². The second-order valence-electron chi connectivity index (χ2n) is 5.40. The lowest BCUT2D eigenvalue weighted by Gasteiger charge is -2.30. The number of aliphatic hydroxyl groups is 1. The largest absolute Gasteiger partial charge is 0.479 e. The first kappa shape index (κ1) is 16.7. The van der Waals surface area contributed by atoms with Crippen molar-refractivity contribution in [3.05, 3.63) is 0 Å². The number of halogens is 3. The highest BCUT2D eigenvalue weighted by molar-refractivity contribution is 5.81. The number of hydrogen-bond acceptors (Lipinski definition) is 3. The van der Waals surface area contributed by atoms with Gasteiger partial charge in [0, 0.05) is 5.92 Å². The predicted octanol–water partition coefficient (Wildman–Crippen LogP) is 1.31. The Balaban J connectivity index is 2.54. The molecule has 1 aliphatic rings. The van der Waals surface area contributed by atoms with Crippen molar-refractivity contribution in [1.29, 1.82) is 0 Å². The van der Waals surface area contributed by atoms with Crippen LogP contribution in [0.15, 0.2) is 0 Å². The van der Waals surface area contributed by atoms with E-state index >= 15 is 0 Å². The molecule has 0 bridgehead atoms. The lowest BCUT2D eigenvalue weighted by atomic mass is 9.80. The molecule has 0 saturated heterocycles. The number of amides is 1. The Kier molecular flexibility index (Phi) is 5.01. The van der Waals surface area contributed by atoms with Gasteiger partial charge in [-0.05, 0) is 26.2 Å². The second-order valence-corrected chi connectivity index (χ2v) is 5.40. The van der Waals surface area contributed by atoms with E-state index in [0.717, 1.165) is 6.92 Å². The molecule has 3 atom stereocenters. The number of carboxylic acid groups (broad SMARTS) is 1. The van der Waals surface area contributed by atoms with Gasteiger partial charge in [-0.15, -0.1) is 0 Å². The highest BCUT2D eigenvalue weighted by Gasteiger charge is 2.43. The van der Waals surface area contributed by atoms with Crippen LogP contribution in [0, 0.1) is 11.8 Å². The lowest BCUT2D eigenvalue weighted by molar-refractivity contribution is -0.186. The van der Waals surface area contributed by atoms with Gasteiger partial charge in [-0.3, -0.25) is 4.79 Å². The maximum absolute atomic E-state index is 12.6. The highest BCUT2D eigenvalue weighted by atomic mass is 19.4. The summed E-state index contributed by atoms with van der Waals surface area (Å²) in [6.45, 7) is 0.476. The molecule has 1 rings (SSSR count). The van der Waals surface area contributed by atoms with Gasteiger partial charge < -0.3 is 15.5 Å². The molecule has 0 aliphatic heterocycles. The molecule has 1 aliphatic carbocycles. The summed E-state index contributed by atoms with van der Waals surface area (Å²) in [7, 11) is 0. The number of rotatable bonds is 4. The van der Waals surface area contributed by atoms with Crippen LogP contribution in [0.5, 0.6) is 0 Å². The van der Waals surface area contributed by atoms with Crippen LogP contribution >= 0.6 is 0 Å². The van der Waals surface area contributed by atoms with Gasteiger partial charge in [0.05, 0.1) is 12.5 Å². The molecule has 0 spiro atoms. The summed E-state index contributed by atoms with van der Waals surface area (Å²) < 4.78 is 37.8. The van der Waals surface area contributed by atoms with Crippen LogP contribution in [0.4, 0.5) is 13.2 Å². The van der Waals surface area contributed by atoms with Crippen molar-refractivity contribution < 1.29 is 33.0 Å². The Hall–Kier alpha value is -1.31. The molecule has 1 amide bonds. The molecule has 0 aromatic rings. The minimum absolute atomic E-state index is 0.0140. The third kappa shape index (κ3) is 4.36. The highest BCUT2D eigenvalue weighted by Crippen LogP contribution is 2.39. The number of carboxylic acids is 1. The summed E-state index contributed by atoms with van der Waals surface area (Å²) >= 11 is 0. The molecule has 3 unspecified atom stereocenters. The molecule has 0 aromatic carbocycles. The SMILES string of the molecule is CC(O)(CNC(=O)C1CCCC(C(F)(F)F)C1)C(=O)O. The number of nitrogens with one attached hydrogen (secondary N) is 1. The predicted molar refractivity (Wildman–Crippen MR) is 62.8 cm³/mol. The molecule has 3 N–H and O–H groups in total. The normalized spacial score (nSPS) is 26.6. The maximum atomic E-state index is 12.6.